The number of rotatable bonds is 2. The third-order valence-corrected chi connectivity index (χ3v) is 4.26. The Morgan fingerprint density at radius 1 is 1.21 bits per heavy atom. The molecule has 0 saturated carbocycles. The van der Waals surface area contributed by atoms with Gasteiger partial charge in [0.15, 0.2) is 0 Å². The fourth-order valence-corrected chi connectivity index (χ4v) is 3.06. The Morgan fingerprint density at radius 2 is 2.00 bits per heavy atom. The third-order valence-electron chi connectivity index (χ3n) is 4.26. The Labute approximate surface area is 114 Å². The zero-order chi connectivity index (χ0) is 13.5. The van der Waals surface area contributed by atoms with Crippen molar-refractivity contribution in [3.05, 3.63) is 46.8 Å². The molecule has 1 heterocycles. The lowest BCUT2D eigenvalue weighted by atomic mass is 9.77. The molecule has 2 aromatic rings. The van der Waals surface area contributed by atoms with Gasteiger partial charge in [0.1, 0.15) is 0 Å². The first kappa shape index (κ1) is 12.3. The summed E-state index contributed by atoms with van der Waals surface area (Å²) in [5.41, 5.74) is 11.8. The van der Waals surface area contributed by atoms with E-state index in [9.17, 15) is 0 Å². The molecule has 0 radical (unpaired) electrons. The maximum absolute atomic E-state index is 5.92. The van der Waals surface area contributed by atoms with E-state index in [2.05, 4.69) is 36.2 Å². The SMILES string of the molecule is CC(C)(c1cccc(N)c1)c1n[nH]c2c1CCCC2. The number of aromatic amines is 1. The topological polar surface area (TPSA) is 54.7 Å². The Hall–Kier alpha value is -1.77. The molecule has 0 bridgehead atoms. The van der Waals surface area contributed by atoms with Crippen LogP contribution in [-0.4, -0.2) is 10.2 Å². The molecule has 0 unspecified atom stereocenters. The van der Waals surface area contributed by atoms with E-state index in [1.54, 1.807) is 0 Å². The van der Waals surface area contributed by atoms with Crippen LogP contribution in [0.1, 0.15) is 49.2 Å². The van der Waals surface area contributed by atoms with Crippen LogP contribution < -0.4 is 5.73 Å². The first-order chi connectivity index (χ1) is 9.09. The molecule has 100 valence electrons. The van der Waals surface area contributed by atoms with Crippen molar-refractivity contribution in [1.29, 1.82) is 0 Å². The van der Waals surface area contributed by atoms with Crippen molar-refractivity contribution in [3.63, 3.8) is 0 Å². The molecule has 1 aromatic heterocycles. The normalized spacial score (nSPS) is 15.3. The number of hydrogen-bond donors (Lipinski definition) is 2. The summed E-state index contributed by atoms with van der Waals surface area (Å²) in [6.45, 7) is 4.46. The van der Waals surface area contributed by atoms with E-state index in [0.29, 0.717) is 0 Å². The Bertz CT molecular complexity index is 596. The molecule has 3 nitrogen and oxygen atoms in total. The highest BCUT2D eigenvalue weighted by atomic mass is 15.1. The van der Waals surface area contributed by atoms with E-state index < -0.39 is 0 Å². The molecule has 1 aliphatic carbocycles. The maximum Gasteiger partial charge on any atom is 0.0756 e. The van der Waals surface area contributed by atoms with Crippen LogP contribution in [0.2, 0.25) is 0 Å². The van der Waals surface area contributed by atoms with Crippen LogP contribution in [0, 0.1) is 0 Å². The molecular formula is C16H21N3. The minimum absolute atomic E-state index is 0.100. The van der Waals surface area contributed by atoms with Crippen LogP contribution in [0.4, 0.5) is 5.69 Å². The molecule has 0 spiro atoms. The van der Waals surface area contributed by atoms with Gasteiger partial charge in [-0.1, -0.05) is 26.0 Å². The standard InChI is InChI=1S/C16H21N3/c1-16(2,11-6-5-7-12(17)10-11)15-13-8-3-4-9-14(13)18-19-15/h5-7,10H,3-4,8-9,17H2,1-2H3,(H,18,19). The minimum Gasteiger partial charge on any atom is -0.399 e. The van der Waals surface area contributed by atoms with E-state index in [1.165, 1.54) is 35.4 Å². The van der Waals surface area contributed by atoms with Crippen LogP contribution in [0.25, 0.3) is 0 Å². The second kappa shape index (κ2) is 4.41. The van der Waals surface area contributed by atoms with E-state index in [1.807, 2.05) is 12.1 Å². The largest absolute Gasteiger partial charge is 0.399 e. The van der Waals surface area contributed by atoms with Gasteiger partial charge in [0.25, 0.3) is 0 Å². The average Bonchev–Trinajstić information content (AvgIpc) is 2.83. The quantitative estimate of drug-likeness (QED) is 0.810. The lowest BCUT2D eigenvalue weighted by Gasteiger charge is -2.26. The first-order valence-corrected chi connectivity index (χ1v) is 7.01. The zero-order valence-electron chi connectivity index (χ0n) is 11.7. The molecule has 0 amide bonds. The molecule has 19 heavy (non-hydrogen) atoms. The van der Waals surface area contributed by atoms with Crippen molar-refractivity contribution < 1.29 is 0 Å². The molecule has 3 N–H and O–H groups in total. The van der Waals surface area contributed by atoms with E-state index in [4.69, 9.17) is 5.73 Å². The van der Waals surface area contributed by atoms with Crippen molar-refractivity contribution in [2.24, 2.45) is 0 Å². The average molecular weight is 255 g/mol. The van der Waals surface area contributed by atoms with Crippen LogP contribution in [0.5, 0.6) is 0 Å². The van der Waals surface area contributed by atoms with Gasteiger partial charge >= 0.3 is 0 Å². The van der Waals surface area contributed by atoms with Crippen molar-refractivity contribution >= 4 is 5.69 Å². The second-order valence-electron chi connectivity index (χ2n) is 5.99. The zero-order valence-corrected chi connectivity index (χ0v) is 11.7. The summed E-state index contributed by atoms with van der Waals surface area (Å²) in [5.74, 6) is 0. The highest BCUT2D eigenvalue weighted by Crippen LogP contribution is 2.36. The van der Waals surface area contributed by atoms with E-state index in [0.717, 1.165) is 18.5 Å². The summed E-state index contributed by atoms with van der Waals surface area (Å²) in [6, 6.07) is 8.15. The molecule has 1 aromatic carbocycles. The van der Waals surface area contributed by atoms with Crippen molar-refractivity contribution in [1.82, 2.24) is 10.2 Å². The summed E-state index contributed by atoms with van der Waals surface area (Å²) >= 11 is 0. The summed E-state index contributed by atoms with van der Waals surface area (Å²) in [7, 11) is 0. The number of benzene rings is 1. The molecular weight excluding hydrogens is 234 g/mol. The smallest absolute Gasteiger partial charge is 0.0756 e. The number of nitrogens with zero attached hydrogens (tertiary/aromatic N) is 1. The van der Waals surface area contributed by atoms with Gasteiger partial charge in [-0.3, -0.25) is 5.10 Å². The highest BCUT2D eigenvalue weighted by Gasteiger charge is 2.31. The van der Waals surface area contributed by atoms with Gasteiger partial charge in [-0.15, -0.1) is 0 Å². The lowest BCUT2D eigenvalue weighted by molar-refractivity contribution is 0.598. The Balaban J connectivity index is 2.07. The molecule has 3 heteroatoms. The van der Waals surface area contributed by atoms with Gasteiger partial charge in [0, 0.05) is 16.8 Å². The number of aryl methyl sites for hydroxylation is 1. The highest BCUT2D eigenvalue weighted by molar-refractivity contribution is 5.47. The Morgan fingerprint density at radius 3 is 2.79 bits per heavy atom. The van der Waals surface area contributed by atoms with Gasteiger partial charge in [-0.25, -0.2) is 0 Å². The summed E-state index contributed by atoms with van der Waals surface area (Å²) in [6.07, 6.45) is 4.82. The number of nitrogens with two attached hydrogens (primary N) is 1. The van der Waals surface area contributed by atoms with E-state index in [-0.39, 0.29) is 5.41 Å². The fraction of sp³-hybridized carbons (Fsp3) is 0.438. The Kier molecular flexibility index (Phi) is 2.85. The number of nitrogen functional groups attached to an aromatic ring is 1. The number of aromatic nitrogens is 2. The van der Waals surface area contributed by atoms with E-state index >= 15 is 0 Å². The summed E-state index contributed by atoms with van der Waals surface area (Å²) < 4.78 is 0. The number of nitrogens with one attached hydrogen (secondary N) is 1. The van der Waals surface area contributed by atoms with Crippen molar-refractivity contribution in [3.8, 4) is 0 Å². The number of anilines is 1. The van der Waals surface area contributed by atoms with Gasteiger partial charge < -0.3 is 5.73 Å². The molecule has 0 aliphatic heterocycles. The van der Waals surface area contributed by atoms with Crippen molar-refractivity contribution in [2.75, 3.05) is 5.73 Å². The molecule has 0 atom stereocenters. The fourth-order valence-electron chi connectivity index (χ4n) is 3.06. The maximum atomic E-state index is 5.92. The predicted octanol–water partition coefficient (Wildman–Crippen LogP) is 3.20. The van der Waals surface area contributed by atoms with Crippen LogP contribution in [0.3, 0.4) is 0 Å². The van der Waals surface area contributed by atoms with Crippen LogP contribution >= 0.6 is 0 Å². The van der Waals surface area contributed by atoms with Crippen LogP contribution in [0.15, 0.2) is 24.3 Å². The second-order valence-corrected chi connectivity index (χ2v) is 5.99. The predicted molar refractivity (Wildman–Crippen MR) is 78.2 cm³/mol. The number of H-pyrrole nitrogens is 1. The summed E-state index contributed by atoms with van der Waals surface area (Å²) in [4.78, 5) is 0. The molecule has 0 saturated heterocycles. The lowest BCUT2D eigenvalue weighted by Crippen LogP contribution is -2.22. The molecule has 3 rings (SSSR count). The number of fused-ring (bicyclic) bond motifs is 1. The minimum atomic E-state index is -0.100. The van der Waals surface area contributed by atoms with Gasteiger partial charge in [0.2, 0.25) is 0 Å². The van der Waals surface area contributed by atoms with Crippen molar-refractivity contribution in [2.45, 2.75) is 44.9 Å². The van der Waals surface area contributed by atoms with Gasteiger partial charge in [0.05, 0.1) is 5.69 Å². The molecule has 1 aliphatic rings. The first-order valence-electron chi connectivity index (χ1n) is 7.01. The summed E-state index contributed by atoms with van der Waals surface area (Å²) in [5, 5.41) is 7.85. The van der Waals surface area contributed by atoms with Crippen LogP contribution in [-0.2, 0) is 18.3 Å². The third kappa shape index (κ3) is 2.03. The monoisotopic (exact) mass is 255 g/mol. The number of hydrogen-bond acceptors (Lipinski definition) is 2. The molecule has 0 fully saturated rings. The van der Waals surface area contributed by atoms with Gasteiger partial charge in [-0.2, -0.15) is 5.10 Å². The van der Waals surface area contributed by atoms with Gasteiger partial charge in [-0.05, 0) is 48.9 Å².